The summed E-state index contributed by atoms with van der Waals surface area (Å²) >= 11 is 1.22. The van der Waals surface area contributed by atoms with E-state index in [1.807, 2.05) is 49.5 Å². The van der Waals surface area contributed by atoms with Gasteiger partial charge < -0.3 is 10.2 Å². The Labute approximate surface area is 291 Å². The molecule has 0 unspecified atom stereocenters. The molecule has 8 nitrogen and oxygen atoms in total. The van der Waals surface area contributed by atoms with Crippen molar-refractivity contribution in [3.8, 4) is 16.1 Å². The monoisotopic (exact) mass is 701 g/mol. The van der Waals surface area contributed by atoms with Crippen LogP contribution in [0.4, 0.5) is 19.3 Å². The van der Waals surface area contributed by atoms with Crippen molar-refractivity contribution < 1.29 is 13.6 Å². The second-order valence-electron chi connectivity index (χ2n) is 11.7. The van der Waals surface area contributed by atoms with Crippen molar-refractivity contribution in [3.05, 3.63) is 152 Å². The van der Waals surface area contributed by atoms with Crippen molar-refractivity contribution in [3.63, 3.8) is 0 Å². The SMILES string of the molecule is CN(Cc1ccccc1)Cc1c(-c2ccc(NC(=O)N(C)C)cc2)sc2c1c(=O)n(-c1ccccc1)c(=O)n2Cc1c(F)cccc1F.Cl. The van der Waals surface area contributed by atoms with Crippen LogP contribution in [0, 0.1) is 11.6 Å². The number of anilines is 1. The Balaban J connectivity index is 0.00000468. The highest BCUT2D eigenvalue weighted by Crippen LogP contribution is 2.39. The summed E-state index contributed by atoms with van der Waals surface area (Å²) in [6, 6.07) is 28.9. The molecular weight excluding hydrogens is 668 g/mol. The summed E-state index contributed by atoms with van der Waals surface area (Å²) in [6.45, 7) is 0.495. The predicted molar refractivity (Wildman–Crippen MR) is 194 cm³/mol. The van der Waals surface area contributed by atoms with Crippen molar-refractivity contribution in [1.82, 2.24) is 18.9 Å². The van der Waals surface area contributed by atoms with Crippen molar-refractivity contribution in [2.75, 3.05) is 26.5 Å². The minimum atomic E-state index is -0.789. The van der Waals surface area contributed by atoms with Gasteiger partial charge in [-0.2, -0.15) is 0 Å². The minimum absolute atomic E-state index is 0. The van der Waals surface area contributed by atoms with Crippen molar-refractivity contribution >= 4 is 45.7 Å². The molecule has 0 spiro atoms. The number of nitrogens with zero attached hydrogens (tertiary/aromatic N) is 4. The highest BCUT2D eigenvalue weighted by Gasteiger charge is 2.25. The van der Waals surface area contributed by atoms with E-state index in [4.69, 9.17) is 0 Å². The van der Waals surface area contributed by atoms with Gasteiger partial charge in [0, 0.05) is 43.3 Å². The first-order valence-electron chi connectivity index (χ1n) is 15.2. The lowest BCUT2D eigenvalue weighted by Gasteiger charge is -2.18. The lowest BCUT2D eigenvalue weighted by Crippen LogP contribution is -2.39. The fraction of sp³-hybridized carbons (Fsp3) is 0.162. The van der Waals surface area contributed by atoms with Gasteiger partial charge in [0.25, 0.3) is 5.56 Å². The van der Waals surface area contributed by atoms with Crippen LogP contribution < -0.4 is 16.6 Å². The van der Waals surface area contributed by atoms with Crippen LogP contribution in [0.1, 0.15) is 16.7 Å². The average molecular weight is 702 g/mol. The largest absolute Gasteiger partial charge is 0.337 e. The Hall–Kier alpha value is -5.10. The lowest BCUT2D eigenvalue weighted by atomic mass is 10.1. The zero-order valence-corrected chi connectivity index (χ0v) is 28.7. The van der Waals surface area contributed by atoms with Crippen LogP contribution in [0.3, 0.4) is 0 Å². The summed E-state index contributed by atoms with van der Waals surface area (Å²) in [5.41, 5.74) is 1.93. The third kappa shape index (κ3) is 7.34. The van der Waals surface area contributed by atoms with Gasteiger partial charge in [-0.05, 0) is 60.1 Å². The zero-order valence-electron chi connectivity index (χ0n) is 27.0. The lowest BCUT2D eigenvalue weighted by molar-refractivity contribution is 0.230. The van der Waals surface area contributed by atoms with E-state index >= 15 is 8.78 Å². The van der Waals surface area contributed by atoms with E-state index < -0.39 is 29.4 Å². The Morgan fingerprint density at radius 3 is 2.00 bits per heavy atom. The smallest absolute Gasteiger partial charge is 0.331 e. The number of hydrogen-bond acceptors (Lipinski definition) is 5. The Morgan fingerprint density at radius 2 is 1.39 bits per heavy atom. The van der Waals surface area contributed by atoms with Crippen LogP contribution in [-0.2, 0) is 19.6 Å². The maximum absolute atomic E-state index is 15.0. The van der Waals surface area contributed by atoms with Gasteiger partial charge in [-0.3, -0.25) is 14.3 Å². The number of benzene rings is 4. The molecule has 0 aliphatic heterocycles. The van der Waals surface area contributed by atoms with Crippen LogP contribution in [0.2, 0.25) is 0 Å². The number of halogens is 3. The number of carbonyl (C=O) groups is 1. The Morgan fingerprint density at radius 1 is 0.776 bits per heavy atom. The van der Waals surface area contributed by atoms with Gasteiger partial charge in [0.2, 0.25) is 0 Å². The molecule has 1 N–H and O–H groups in total. The molecular formula is C37H34ClF2N5O3S. The van der Waals surface area contributed by atoms with Crippen LogP contribution in [0.25, 0.3) is 26.3 Å². The molecule has 0 saturated carbocycles. The highest BCUT2D eigenvalue weighted by molar-refractivity contribution is 7.22. The maximum atomic E-state index is 15.0. The van der Waals surface area contributed by atoms with E-state index in [1.165, 1.54) is 26.9 Å². The standard InChI is InChI=1S/C37H33F2N5O3S.ClH/c1-41(2)36(46)40-26-19-17-25(18-20-26)33-29(22-42(3)21-24-11-6-4-7-12-24)32-34(45)44(27-13-8-5-9-14-27)37(47)43(35(32)48-33)23-28-30(38)15-10-16-31(28)39;/h4-20H,21-23H2,1-3H3,(H,40,46);1H. The molecule has 0 atom stereocenters. The zero-order chi connectivity index (χ0) is 33.9. The molecule has 0 fully saturated rings. The third-order valence-electron chi connectivity index (χ3n) is 7.99. The maximum Gasteiger partial charge on any atom is 0.337 e. The van der Waals surface area contributed by atoms with Crippen LogP contribution in [-0.4, -0.2) is 46.1 Å². The van der Waals surface area contributed by atoms with Crippen LogP contribution in [0.15, 0.2) is 113 Å². The van der Waals surface area contributed by atoms with E-state index in [0.29, 0.717) is 40.2 Å². The molecule has 0 aliphatic carbocycles. The molecule has 49 heavy (non-hydrogen) atoms. The van der Waals surface area contributed by atoms with E-state index in [1.54, 1.807) is 56.6 Å². The quantitative estimate of drug-likeness (QED) is 0.171. The normalized spacial score (nSPS) is 11.1. The van der Waals surface area contributed by atoms with E-state index in [0.717, 1.165) is 32.7 Å². The second kappa shape index (κ2) is 15.0. The number of fused-ring (bicyclic) bond motifs is 1. The molecule has 0 radical (unpaired) electrons. The molecule has 2 aromatic heterocycles. The summed E-state index contributed by atoms with van der Waals surface area (Å²) in [4.78, 5) is 45.4. The third-order valence-corrected chi connectivity index (χ3v) is 9.30. The highest BCUT2D eigenvalue weighted by atomic mass is 35.5. The molecule has 2 heterocycles. The number of rotatable bonds is 9. The average Bonchev–Trinajstić information content (AvgIpc) is 3.44. The first-order valence-corrected chi connectivity index (χ1v) is 16.0. The number of amides is 2. The Bertz CT molecular complexity index is 2200. The summed E-state index contributed by atoms with van der Waals surface area (Å²) in [6.07, 6.45) is 0. The van der Waals surface area contributed by atoms with E-state index in [-0.39, 0.29) is 24.0 Å². The Kier molecular flexibility index (Phi) is 10.8. The molecule has 4 aromatic carbocycles. The first-order chi connectivity index (χ1) is 23.1. The van der Waals surface area contributed by atoms with Gasteiger partial charge in [-0.15, -0.1) is 23.7 Å². The molecule has 6 rings (SSSR count). The summed E-state index contributed by atoms with van der Waals surface area (Å²) in [5.74, 6) is -1.58. The first kappa shape index (κ1) is 35.2. The number of thiophene rings is 1. The number of carbonyl (C=O) groups excluding carboxylic acids is 1. The molecule has 0 bridgehead atoms. The number of para-hydroxylation sites is 1. The molecule has 2 amide bonds. The van der Waals surface area contributed by atoms with Gasteiger partial charge in [0.15, 0.2) is 0 Å². The predicted octanol–water partition coefficient (Wildman–Crippen LogP) is 7.35. The van der Waals surface area contributed by atoms with Gasteiger partial charge in [-0.1, -0.05) is 66.7 Å². The van der Waals surface area contributed by atoms with E-state index in [9.17, 15) is 14.4 Å². The van der Waals surface area contributed by atoms with Gasteiger partial charge in [0.1, 0.15) is 16.5 Å². The summed E-state index contributed by atoms with van der Waals surface area (Å²) < 4.78 is 32.4. The van der Waals surface area contributed by atoms with Gasteiger partial charge >= 0.3 is 11.7 Å². The van der Waals surface area contributed by atoms with Crippen LogP contribution in [0.5, 0.6) is 0 Å². The molecule has 12 heteroatoms. The van der Waals surface area contributed by atoms with Crippen LogP contribution >= 0.6 is 23.7 Å². The molecule has 6 aromatic rings. The molecule has 0 saturated heterocycles. The number of aromatic nitrogens is 2. The van der Waals surface area contributed by atoms with E-state index in [2.05, 4.69) is 10.2 Å². The number of nitrogens with one attached hydrogen (secondary N) is 1. The fourth-order valence-electron chi connectivity index (χ4n) is 5.60. The van der Waals surface area contributed by atoms with Gasteiger partial charge in [0.05, 0.1) is 17.6 Å². The van der Waals surface area contributed by atoms with Gasteiger partial charge in [-0.25, -0.2) is 22.9 Å². The molecule has 252 valence electrons. The topological polar surface area (TPSA) is 79.6 Å². The summed E-state index contributed by atoms with van der Waals surface area (Å²) in [5, 5.41) is 3.11. The fourth-order valence-corrected chi connectivity index (χ4v) is 6.90. The number of hydrogen-bond donors (Lipinski definition) is 1. The van der Waals surface area contributed by atoms with Crippen molar-refractivity contribution in [2.45, 2.75) is 19.6 Å². The second-order valence-corrected chi connectivity index (χ2v) is 12.7. The van der Waals surface area contributed by atoms with Crippen molar-refractivity contribution in [1.29, 1.82) is 0 Å². The molecule has 0 aliphatic rings. The van der Waals surface area contributed by atoms with Crippen molar-refractivity contribution in [2.24, 2.45) is 0 Å². The minimum Gasteiger partial charge on any atom is -0.331 e. The number of urea groups is 1. The summed E-state index contributed by atoms with van der Waals surface area (Å²) in [7, 11) is 5.24.